The van der Waals surface area contributed by atoms with Gasteiger partial charge in [0.2, 0.25) is 0 Å². The van der Waals surface area contributed by atoms with E-state index in [1.807, 2.05) is 4.90 Å². The lowest BCUT2D eigenvalue weighted by Gasteiger charge is -2.29. The zero-order valence-corrected chi connectivity index (χ0v) is 41.7. The number of nitrogens with zero attached hydrogens (tertiary/aromatic N) is 2. The number of aliphatic hydroxyl groups excluding tert-OH is 3. The van der Waals surface area contributed by atoms with Gasteiger partial charge in [0, 0.05) is 39.0 Å². The van der Waals surface area contributed by atoms with E-state index in [-0.39, 0.29) is 37.4 Å². The van der Waals surface area contributed by atoms with Crippen molar-refractivity contribution in [3.63, 3.8) is 0 Å². The lowest BCUT2D eigenvalue weighted by atomic mass is 10.0. The van der Waals surface area contributed by atoms with Gasteiger partial charge < -0.3 is 29.7 Å². The summed E-state index contributed by atoms with van der Waals surface area (Å²) in [5.74, 6) is -0.108. The standard InChI is InChI=1S/C53H106N2O7/c1-5-9-13-17-21-27-35-50(36-28-22-18-14-10-6-2)61-52(59)39-31-25-33-41-54(47-49(58)48-55(43-45-56)44-46-57)42-34-26-32-40-53(60)62-51(37-29-23-19-15-11-7-3)38-30-24-20-16-12-8-4/h49-51,56-58H,5-48H2,1-4H3/t49-/m0/s1. The fraction of sp³-hybridized carbons (Fsp3) is 0.962. The highest BCUT2D eigenvalue weighted by Crippen LogP contribution is 2.20. The fourth-order valence-corrected chi connectivity index (χ4v) is 8.71. The Balaban J connectivity index is 5.01. The molecule has 0 radical (unpaired) electrons. The first-order valence-corrected chi connectivity index (χ1v) is 27.1. The van der Waals surface area contributed by atoms with E-state index in [1.54, 1.807) is 0 Å². The van der Waals surface area contributed by atoms with Gasteiger partial charge in [0.25, 0.3) is 0 Å². The third-order valence-corrected chi connectivity index (χ3v) is 12.6. The molecular formula is C53H106N2O7. The second-order valence-corrected chi connectivity index (χ2v) is 18.8. The van der Waals surface area contributed by atoms with Crippen molar-refractivity contribution in [3.05, 3.63) is 0 Å². The van der Waals surface area contributed by atoms with Crippen LogP contribution in [0.1, 0.15) is 259 Å². The van der Waals surface area contributed by atoms with Crippen molar-refractivity contribution in [2.24, 2.45) is 0 Å². The predicted molar refractivity (Wildman–Crippen MR) is 262 cm³/mol. The molecule has 0 aromatic carbocycles. The van der Waals surface area contributed by atoms with E-state index in [2.05, 4.69) is 32.6 Å². The van der Waals surface area contributed by atoms with Crippen molar-refractivity contribution in [3.8, 4) is 0 Å². The molecule has 62 heavy (non-hydrogen) atoms. The third kappa shape index (κ3) is 41.4. The van der Waals surface area contributed by atoms with Crippen LogP contribution in [-0.2, 0) is 19.1 Å². The average molecular weight is 883 g/mol. The average Bonchev–Trinajstić information content (AvgIpc) is 3.25. The fourth-order valence-electron chi connectivity index (χ4n) is 8.71. The molecule has 0 rings (SSSR count). The Morgan fingerprint density at radius 3 is 0.968 bits per heavy atom. The van der Waals surface area contributed by atoms with Crippen LogP contribution in [0.2, 0.25) is 0 Å². The Morgan fingerprint density at radius 1 is 0.387 bits per heavy atom. The molecule has 0 unspecified atom stereocenters. The molecule has 370 valence electrons. The summed E-state index contributed by atoms with van der Waals surface area (Å²) < 4.78 is 12.2. The van der Waals surface area contributed by atoms with Gasteiger partial charge in [-0.05, 0) is 90.1 Å². The summed E-state index contributed by atoms with van der Waals surface area (Å²) in [5.41, 5.74) is 0. The molecule has 0 aromatic rings. The van der Waals surface area contributed by atoms with E-state index in [9.17, 15) is 24.9 Å². The van der Waals surface area contributed by atoms with E-state index in [0.29, 0.717) is 39.0 Å². The summed E-state index contributed by atoms with van der Waals surface area (Å²) >= 11 is 0. The molecule has 0 fully saturated rings. The van der Waals surface area contributed by atoms with Crippen molar-refractivity contribution < 1.29 is 34.4 Å². The van der Waals surface area contributed by atoms with Crippen molar-refractivity contribution in [1.82, 2.24) is 9.80 Å². The number of carbonyl (C=O) groups excluding carboxylic acids is 2. The van der Waals surface area contributed by atoms with Crippen LogP contribution in [0.4, 0.5) is 0 Å². The summed E-state index contributed by atoms with van der Waals surface area (Å²) in [6.45, 7) is 12.4. The number of carbonyl (C=O) groups is 2. The summed E-state index contributed by atoms with van der Waals surface area (Å²) in [7, 11) is 0. The molecule has 0 saturated heterocycles. The lowest BCUT2D eigenvalue weighted by Crippen LogP contribution is -2.42. The zero-order chi connectivity index (χ0) is 45.6. The molecule has 3 N–H and O–H groups in total. The maximum Gasteiger partial charge on any atom is 0.306 e. The highest BCUT2D eigenvalue weighted by Gasteiger charge is 2.18. The van der Waals surface area contributed by atoms with Crippen LogP contribution in [0.3, 0.4) is 0 Å². The molecule has 0 aliphatic carbocycles. The minimum absolute atomic E-state index is 0.0149. The van der Waals surface area contributed by atoms with Gasteiger partial charge in [0.1, 0.15) is 12.2 Å². The zero-order valence-electron chi connectivity index (χ0n) is 41.7. The molecule has 0 amide bonds. The smallest absolute Gasteiger partial charge is 0.306 e. The molecule has 0 heterocycles. The molecule has 9 heteroatoms. The molecule has 0 spiro atoms. The number of rotatable bonds is 50. The van der Waals surface area contributed by atoms with Crippen LogP contribution in [0, 0.1) is 0 Å². The topological polar surface area (TPSA) is 120 Å². The van der Waals surface area contributed by atoms with E-state index in [4.69, 9.17) is 9.47 Å². The van der Waals surface area contributed by atoms with Crippen molar-refractivity contribution in [1.29, 1.82) is 0 Å². The van der Waals surface area contributed by atoms with E-state index in [0.717, 1.165) is 103 Å². The molecule has 0 aliphatic rings. The largest absolute Gasteiger partial charge is 0.462 e. The van der Waals surface area contributed by atoms with Gasteiger partial charge in [-0.3, -0.25) is 14.5 Å². The molecule has 9 nitrogen and oxygen atoms in total. The van der Waals surface area contributed by atoms with Gasteiger partial charge in [0.15, 0.2) is 0 Å². The van der Waals surface area contributed by atoms with Crippen LogP contribution in [0.15, 0.2) is 0 Å². The number of ether oxygens (including phenoxy) is 2. The Hall–Kier alpha value is -1.26. The summed E-state index contributed by atoms with van der Waals surface area (Å²) in [5, 5.41) is 30.0. The number of hydrogen-bond donors (Lipinski definition) is 3. The van der Waals surface area contributed by atoms with Crippen LogP contribution in [0.5, 0.6) is 0 Å². The van der Waals surface area contributed by atoms with E-state index >= 15 is 0 Å². The number of hydrogen-bond acceptors (Lipinski definition) is 9. The van der Waals surface area contributed by atoms with Crippen LogP contribution >= 0.6 is 0 Å². The van der Waals surface area contributed by atoms with Gasteiger partial charge >= 0.3 is 11.9 Å². The molecule has 0 aromatic heterocycles. The maximum absolute atomic E-state index is 13.0. The molecule has 0 aliphatic heterocycles. The first-order chi connectivity index (χ1) is 30.3. The SMILES string of the molecule is CCCCCCCCC(CCCCCCCC)OC(=O)CCCCCN(CCCCCC(=O)OC(CCCCCCCC)CCCCCCCC)C[C@H](O)CN(CCO)CCO. The Kier molecular flexibility index (Phi) is 46.7. The van der Waals surface area contributed by atoms with E-state index in [1.165, 1.54) is 128 Å². The first-order valence-electron chi connectivity index (χ1n) is 27.1. The van der Waals surface area contributed by atoms with Gasteiger partial charge in [-0.25, -0.2) is 0 Å². The first kappa shape index (κ1) is 60.7. The van der Waals surface area contributed by atoms with Gasteiger partial charge in [0.05, 0.1) is 19.3 Å². The van der Waals surface area contributed by atoms with Crippen molar-refractivity contribution in [2.75, 3.05) is 52.5 Å². The van der Waals surface area contributed by atoms with Crippen LogP contribution < -0.4 is 0 Å². The summed E-state index contributed by atoms with van der Waals surface area (Å²) in [6, 6.07) is 0. The monoisotopic (exact) mass is 883 g/mol. The van der Waals surface area contributed by atoms with Gasteiger partial charge in [-0.2, -0.15) is 0 Å². The van der Waals surface area contributed by atoms with Gasteiger partial charge in [-0.1, -0.05) is 169 Å². The minimum atomic E-state index is -0.608. The molecule has 0 saturated carbocycles. The molecular weight excluding hydrogens is 777 g/mol. The van der Waals surface area contributed by atoms with Gasteiger partial charge in [-0.15, -0.1) is 0 Å². The minimum Gasteiger partial charge on any atom is -0.462 e. The number of esters is 2. The Bertz CT molecular complexity index is 842. The third-order valence-electron chi connectivity index (χ3n) is 12.6. The Morgan fingerprint density at radius 2 is 0.661 bits per heavy atom. The van der Waals surface area contributed by atoms with Crippen LogP contribution in [0.25, 0.3) is 0 Å². The second kappa shape index (κ2) is 47.7. The highest BCUT2D eigenvalue weighted by molar-refractivity contribution is 5.69. The Labute approximate surface area is 384 Å². The predicted octanol–water partition coefficient (Wildman–Crippen LogP) is 12.9. The normalized spacial score (nSPS) is 12.4. The lowest BCUT2D eigenvalue weighted by molar-refractivity contribution is -0.151. The highest BCUT2D eigenvalue weighted by atomic mass is 16.5. The quantitative estimate of drug-likeness (QED) is 0.0405. The number of unbranched alkanes of at least 4 members (excludes halogenated alkanes) is 24. The molecule has 0 bridgehead atoms. The van der Waals surface area contributed by atoms with Crippen LogP contribution in [-0.4, -0.2) is 108 Å². The van der Waals surface area contributed by atoms with E-state index < -0.39 is 6.10 Å². The summed E-state index contributed by atoms with van der Waals surface area (Å²) in [6.07, 6.45) is 39.7. The second-order valence-electron chi connectivity index (χ2n) is 18.8. The maximum atomic E-state index is 13.0. The molecule has 1 atom stereocenters. The van der Waals surface area contributed by atoms with Crippen molar-refractivity contribution >= 4 is 11.9 Å². The number of aliphatic hydroxyl groups is 3. The summed E-state index contributed by atoms with van der Waals surface area (Å²) in [4.78, 5) is 30.2. The van der Waals surface area contributed by atoms with Crippen molar-refractivity contribution in [2.45, 2.75) is 277 Å².